The zero-order valence-corrected chi connectivity index (χ0v) is 18.9. The van der Waals surface area contributed by atoms with Crippen LogP contribution >= 0.6 is 11.3 Å². The van der Waals surface area contributed by atoms with E-state index in [1.54, 1.807) is 11.3 Å². The molecule has 9 heteroatoms. The molecule has 28 heavy (non-hydrogen) atoms. The number of nitrogens with zero attached hydrogens (tertiary/aromatic N) is 3. The first-order chi connectivity index (χ1) is 13.6. The number of rotatable bonds is 5. The summed E-state index contributed by atoms with van der Waals surface area (Å²) in [6, 6.07) is 3.81. The molecule has 1 saturated heterocycles. The van der Waals surface area contributed by atoms with Gasteiger partial charge in [-0.3, -0.25) is 0 Å². The van der Waals surface area contributed by atoms with Crippen molar-refractivity contribution in [2.75, 3.05) is 19.6 Å². The number of piperidine rings is 1. The Morgan fingerprint density at radius 2 is 2.00 bits per heavy atom. The van der Waals surface area contributed by atoms with Crippen LogP contribution in [-0.2, 0) is 24.2 Å². The maximum absolute atomic E-state index is 14.0. The van der Waals surface area contributed by atoms with Crippen molar-refractivity contribution >= 4 is 21.1 Å². The Labute approximate surface area is 177 Å². The van der Waals surface area contributed by atoms with Gasteiger partial charge in [0, 0.05) is 0 Å². The average Bonchev–Trinajstić information content (AvgIpc) is 3.37. The normalized spacial score (nSPS) is 20.8. The van der Waals surface area contributed by atoms with Crippen molar-refractivity contribution in [3.8, 4) is 0 Å². The minimum absolute atomic E-state index is 0.0715. The van der Waals surface area contributed by atoms with Crippen molar-refractivity contribution in [3.63, 3.8) is 0 Å². The zero-order chi connectivity index (χ0) is 19.7. The first-order valence-corrected chi connectivity index (χ1v) is 11.5. The van der Waals surface area contributed by atoms with Gasteiger partial charge in [-0.25, -0.2) is 8.78 Å². The van der Waals surface area contributed by atoms with Crippen molar-refractivity contribution < 1.29 is 33.0 Å². The van der Waals surface area contributed by atoms with E-state index < -0.39 is 17.7 Å². The second-order valence-corrected chi connectivity index (χ2v) is 9.48. The number of aromatic nitrogens is 1. The van der Waals surface area contributed by atoms with Crippen LogP contribution < -0.4 is 5.73 Å². The van der Waals surface area contributed by atoms with E-state index in [4.69, 9.17) is 15.6 Å². The predicted octanol–water partition coefficient (Wildman–Crippen LogP) is 3.10. The Balaban J connectivity index is 1.41. The molecule has 4 rings (SSSR count). The third kappa shape index (κ3) is 4.01. The molecule has 0 bridgehead atoms. The molecule has 0 radical (unpaired) electrons. The van der Waals surface area contributed by atoms with Gasteiger partial charge in [-0.1, -0.05) is 6.07 Å². The van der Waals surface area contributed by atoms with Gasteiger partial charge in [0.15, 0.2) is 0 Å². The van der Waals surface area contributed by atoms with E-state index in [0.717, 1.165) is 36.6 Å². The number of hydrogen-bond donors (Lipinski definition) is 1. The molecule has 2 N–H and O–H groups in total. The molecule has 1 aromatic heterocycles. The number of likely N-dealkylation sites (tertiary alicyclic amines) is 1. The number of hydrogen-bond acceptors (Lipinski definition) is 6. The summed E-state index contributed by atoms with van der Waals surface area (Å²) in [4.78, 5) is 12.5. The monoisotopic (exact) mass is 574 g/mol. The van der Waals surface area contributed by atoms with Gasteiger partial charge >= 0.3 is 139 Å². The second-order valence-electron chi connectivity index (χ2n) is 6.90. The van der Waals surface area contributed by atoms with Gasteiger partial charge in [-0.05, 0) is 12.1 Å². The van der Waals surface area contributed by atoms with E-state index in [0.29, 0.717) is 24.6 Å². The van der Waals surface area contributed by atoms with Crippen LogP contribution in [0.5, 0.6) is 0 Å². The Kier molecular flexibility index (Phi) is 6.11. The fourth-order valence-corrected chi connectivity index (χ4v) is 5.27. The summed E-state index contributed by atoms with van der Waals surface area (Å²) in [5, 5.41) is 7.11. The third-order valence-electron chi connectivity index (χ3n) is 5.18. The van der Waals surface area contributed by atoms with Crippen LogP contribution in [0.25, 0.3) is 0 Å². The molecule has 2 aliphatic rings. The van der Waals surface area contributed by atoms with Gasteiger partial charge in [-0.15, -0.1) is 0 Å². The van der Waals surface area contributed by atoms with Crippen LogP contribution in [-0.4, -0.2) is 39.3 Å². The number of benzene rings is 1. The van der Waals surface area contributed by atoms with E-state index in [1.165, 1.54) is 41.6 Å². The van der Waals surface area contributed by atoms with Crippen LogP contribution in [0.2, 0.25) is 0 Å². The molecule has 1 unspecified atom stereocenters. The van der Waals surface area contributed by atoms with Crippen molar-refractivity contribution in [2.45, 2.75) is 31.3 Å². The van der Waals surface area contributed by atoms with E-state index in [2.05, 4.69) is 10.1 Å². The average molecular weight is 574 g/mol. The molecule has 2 aliphatic heterocycles. The molecule has 1 atom stereocenters. The zero-order valence-electron chi connectivity index (χ0n) is 15.1. The Morgan fingerprint density at radius 1 is 1.29 bits per heavy atom. The van der Waals surface area contributed by atoms with E-state index in [-0.39, 0.29) is 5.56 Å². The van der Waals surface area contributed by atoms with Gasteiger partial charge in [0.25, 0.3) is 0 Å². The number of thiazole rings is 1. The molecule has 0 spiro atoms. The van der Waals surface area contributed by atoms with Gasteiger partial charge in [0.05, 0.1) is 0 Å². The van der Waals surface area contributed by atoms with Crippen LogP contribution in [0, 0.1) is 11.6 Å². The topological polar surface area (TPSA) is 63.7 Å². The van der Waals surface area contributed by atoms with E-state index in [1.807, 2.05) is 5.38 Å². The number of oxime groups is 1. The minimum atomic E-state index is -0.748. The van der Waals surface area contributed by atoms with Gasteiger partial charge < -0.3 is 0 Å². The molecule has 148 valence electrons. The van der Waals surface area contributed by atoms with Crippen molar-refractivity contribution in [1.29, 1.82) is 0 Å². The quantitative estimate of drug-likeness (QED) is 0.597. The second kappa shape index (κ2) is 8.57. The van der Waals surface area contributed by atoms with Crippen LogP contribution in [0.3, 0.4) is 0 Å². The molecular weight excluding hydrogens is 554 g/mol. The van der Waals surface area contributed by atoms with Crippen molar-refractivity contribution in [2.24, 2.45) is 10.9 Å². The van der Waals surface area contributed by atoms with Crippen molar-refractivity contribution in [1.82, 2.24) is 9.88 Å². The molecule has 0 aliphatic carbocycles. The summed E-state index contributed by atoms with van der Waals surface area (Å²) in [6.07, 6.45) is 1.67. The van der Waals surface area contributed by atoms with Crippen LogP contribution in [0.4, 0.5) is 8.78 Å². The Bertz CT molecular complexity index is 891. The molecule has 3 heterocycles. The SMILES string of the molecule is NC[C](=[W])N1CCC(c2nc(C3=NOC(c4c(F)cccc4F)C3)cs2)CC1. The molecular formula is C19H20F2N4OSW. The van der Waals surface area contributed by atoms with Crippen LogP contribution in [0.1, 0.15) is 47.5 Å². The van der Waals surface area contributed by atoms with Gasteiger partial charge in [-0.2, -0.15) is 0 Å². The fourth-order valence-electron chi connectivity index (χ4n) is 3.61. The summed E-state index contributed by atoms with van der Waals surface area (Å²) in [7, 11) is 0. The van der Waals surface area contributed by atoms with Gasteiger partial charge in [0.1, 0.15) is 11.6 Å². The molecule has 2 aromatic rings. The predicted molar refractivity (Wildman–Crippen MR) is 101 cm³/mol. The molecule has 0 saturated carbocycles. The molecule has 5 nitrogen and oxygen atoms in total. The fraction of sp³-hybridized carbons (Fsp3) is 0.421. The Hall–Kier alpha value is -1.34. The summed E-state index contributed by atoms with van der Waals surface area (Å²) in [5.41, 5.74) is 7.07. The molecule has 1 fully saturated rings. The Morgan fingerprint density at radius 3 is 2.68 bits per heavy atom. The molecule has 1 aromatic carbocycles. The summed E-state index contributed by atoms with van der Waals surface area (Å²) >= 11 is 3.06. The molecule has 0 amide bonds. The number of nitrogens with two attached hydrogens (primary N) is 1. The summed E-state index contributed by atoms with van der Waals surface area (Å²) < 4.78 is 29.3. The van der Waals surface area contributed by atoms with Crippen molar-refractivity contribution in [3.05, 3.63) is 51.5 Å². The van der Waals surface area contributed by atoms with Crippen LogP contribution in [0.15, 0.2) is 28.7 Å². The maximum atomic E-state index is 14.0. The first-order valence-electron chi connectivity index (χ1n) is 9.17. The first kappa shape index (κ1) is 20.0. The number of halogens is 2. The van der Waals surface area contributed by atoms with Gasteiger partial charge in [0.2, 0.25) is 0 Å². The van der Waals surface area contributed by atoms with E-state index >= 15 is 0 Å². The third-order valence-corrected chi connectivity index (χ3v) is 7.71. The summed E-state index contributed by atoms with van der Waals surface area (Å²) in [6.45, 7) is 2.65. The van der Waals surface area contributed by atoms with E-state index in [9.17, 15) is 8.78 Å². The standard InChI is InChI=1S/C19H20F2N4OS.W/c20-13-2-1-3-14(21)18(13)17-10-15(24-26-17)16-11-27-19(23-16)12-4-7-25(8-5-12)9-6-22;/h1-3,11-12,17H,4-8,10,22H2;. The summed E-state index contributed by atoms with van der Waals surface area (Å²) in [5.74, 6) is -0.796.